The quantitative estimate of drug-likeness (QED) is 0.488. The fourth-order valence-corrected chi connectivity index (χ4v) is 2.22. The molecule has 0 radical (unpaired) electrons. The zero-order chi connectivity index (χ0) is 11.0. The van der Waals surface area contributed by atoms with Crippen LogP contribution in [0.4, 0.5) is 0 Å². The molecule has 0 aromatic rings. The normalized spacial score (nSPS) is 15.9. The van der Waals surface area contributed by atoms with E-state index in [1.165, 1.54) is 44.9 Å². The van der Waals surface area contributed by atoms with Crippen LogP contribution in [0.25, 0.3) is 0 Å². The van der Waals surface area contributed by atoms with Crippen LogP contribution < -0.4 is 0 Å². The van der Waals surface area contributed by atoms with Crippen LogP contribution in [0.3, 0.4) is 0 Å². The lowest BCUT2D eigenvalue weighted by molar-refractivity contribution is 0.222. The van der Waals surface area contributed by atoms with Crippen molar-refractivity contribution in [3.63, 3.8) is 0 Å². The van der Waals surface area contributed by atoms with Crippen molar-refractivity contribution in [1.82, 2.24) is 0 Å². The van der Waals surface area contributed by atoms with Crippen molar-refractivity contribution >= 4 is 0 Å². The molecular formula is C14H30. The Kier molecular flexibility index (Phi) is 7.31. The number of unbranched alkanes of at least 4 members (excludes halogenated alkanes) is 1. The summed E-state index contributed by atoms with van der Waals surface area (Å²) < 4.78 is 0. The van der Waals surface area contributed by atoms with Gasteiger partial charge in [-0.2, -0.15) is 0 Å². The summed E-state index contributed by atoms with van der Waals surface area (Å²) in [6.07, 6.45) is 9.79. The Morgan fingerprint density at radius 3 is 2.00 bits per heavy atom. The second-order valence-corrected chi connectivity index (χ2v) is 5.60. The zero-order valence-electron chi connectivity index (χ0n) is 11.0. The average Bonchev–Trinajstić information content (AvgIpc) is 2.13. The van der Waals surface area contributed by atoms with Crippen molar-refractivity contribution in [1.29, 1.82) is 0 Å². The summed E-state index contributed by atoms with van der Waals surface area (Å²) in [6.45, 7) is 11.8. The van der Waals surface area contributed by atoms with E-state index in [1.807, 2.05) is 0 Å². The summed E-state index contributed by atoms with van der Waals surface area (Å²) in [5.74, 6) is 0.868. The standard InChI is InChI=1S/C14H30/c1-6-8-11-14(5,10-7-2)12-9-13(3)4/h13H,6-12H2,1-5H3. The summed E-state index contributed by atoms with van der Waals surface area (Å²) in [5, 5.41) is 0. The van der Waals surface area contributed by atoms with Gasteiger partial charge in [0.2, 0.25) is 0 Å². The molecule has 0 aliphatic carbocycles. The van der Waals surface area contributed by atoms with Crippen molar-refractivity contribution in [3.05, 3.63) is 0 Å². The minimum Gasteiger partial charge on any atom is -0.0654 e. The third-order valence-electron chi connectivity index (χ3n) is 3.31. The first-order valence-corrected chi connectivity index (χ1v) is 6.54. The Morgan fingerprint density at radius 2 is 1.57 bits per heavy atom. The smallest absolute Gasteiger partial charge is 0.0326 e. The second kappa shape index (κ2) is 7.31. The average molecular weight is 198 g/mol. The maximum Gasteiger partial charge on any atom is -0.0326 e. The molecule has 0 nitrogen and oxygen atoms in total. The van der Waals surface area contributed by atoms with Gasteiger partial charge < -0.3 is 0 Å². The predicted octanol–water partition coefficient (Wildman–Crippen LogP) is 5.42. The van der Waals surface area contributed by atoms with Crippen LogP contribution in [-0.4, -0.2) is 0 Å². The van der Waals surface area contributed by atoms with Gasteiger partial charge in [0, 0.05) is 0 Å². The van der Waals surface area contributed by atoms with Gasteiger partial charge in [0.05, 0.1) is 0 Å². The van der Waals surface area contributed by atoms with Crippen LogP contribution in [-0.2, 0) is 0 Å². The molecule has 0 saturated carbocycles. The Labute approximate surface area is 91.5 Å². The van der Waals surface area contributed by atoms with Gasteiger partial charge in [-0.1, -0.05) is 60.3 Å². The lowest BCUT2D eigenvalue weighted by atomic mass is 9.76. The van der Waals surface area contributed by atoms with Gasteiger partial charge in [0.1, 0.15) is 0 Å². The maximum absolute atomic E-state index is 2.49. The third-order valence-corrected chi connectivity index (χ3v) is 3.31. The molecule has 0 bridgehead atoms. The maximum atomic E-state index is 2.49. The van der Waals surface area contributed by atoms with Crippen molar-refractivity contribution in [2.75, 3.05) is 0 Å². The Balaban J connectivity index is 3.95. The van der Waals surface area contributed by atoms with Crippen LogP contribution in [0.15, 0.2) is 0 Å². The van der Waals surface area contributed by atoms with Crippen LogP contribution in [0.1, 0.15) is 79.6 Å². The molecule has 0 amide bonds. The predicted molar refractivity (Wildman–Crippen MR) is 66.6 cm³/mol. The molecule has 1 unspecified atom stereocenters. The van der Waals surface area contributed by atoms with Crippen molar-refractivity contribution in [2.45, 2.75) is 79.6 Å². The van der Waals surface area contributed by atoms with E-state index in [4.69, 9.17) is 0 Å². The minimum atomic E-state index is 0.634. The van der Waals surface area contributed by atoms with Crippen molar-refractivity contribution < 1.29 is 0 Å². The topological polar surface area (TPSA) is 0 Å². The van der Waals surface area contributed by atoms with Gasteiger partial charge in [-0.3, -0.25) is 0 Å². The van der Waals surface area contributed by atoms with E-state index < -0.39 is 0 Å². The Bertz CT molecular complexity index is 126. The minimum absolute atomic E-state index is 0.634. The highest BCUT2D eigenvalue weighted by molar-refractivity contribution is 4.74. The van der Waals surface area contributed by atoms with E-state index >= 15 is 0 Å². The van der Waals surface area contributed by atoms with E-state index in [0.717, 1.165) is 5.92 Å². The van der Waals surface area contributed by atoms with Gasteiger partial charge in [0.25, 0.3) is 0 Å². The van der Waals surface area contributed by atoms with Crippen LogP contribution >= 0.6 is 0 Å². The second-order valence-electron chi connectivity index (χ2n) is 5.60. The molecule has 0 spiro atoms. The lowest BCUT2D eigenvalue weighted by Crippen LogP contribution is -2.17. The van der Waals surface area contributed by atoms with Gasteiger partial charge in [-0.05, 0) is 30.6 Å². The van der Waals surface area contributed by atoms with E-state index in [0.29, 0.717) is 5.41 Å². The molecule has 0 heteroatoms. The largest absolute Gasteiger partial charge is 0.0654 e. The number of hydrogen-bond donors (Lipinski definition) is 0. The molecule has 0 aliphatic heterocycles. The van der Waals surface area contributed by atoms with Gasteiger partial charge in [0.15, 0.2) is 0 Å². The lowest BCUT2D eigenvalue weighted by Gasteiger charge is -2.30. The summed E-state index contributed by atoms with van der Waals surface area (Å²) in [6, 6.07) is 0. The summed E-state index contributed by atoms with van der Waals surface area (Å²) in [5.41, 5.74) is 0.634. The molecule has 0 aromatic heterocycles. The Hall–Kier alpha value is 0. The highest BCUT2D eigenvalue weighted by Gasteiger charge is 2.22. The van der Waals surface area contributed by atoms with E-state index in [-0.39, 0.29) is 0 Å². The molecular weight excluding hydrogens is 168 g/mol. The fourth-order valence-electron chi connectivity index (χ4n) is 2.22. The number of hydrogen-bond acceptors (Lipinski definition) is 0. The molecule has 0 aromatic carbocycles. The summed E-state index contributed by atoms with van der Waals surface area (Å²) in [4.78, 5) is 0. The molecule has 0 saturated heterocycles. The van der Waals surface area contributed by atoms with E-state index in [2.05, 4.69) is 34.6 Å². The molecule has 0 rings (SSSR count). The zero-order valence-corrected chi connectivity index (χ0v) is 11.0. The Morgan fingerprint density at radius 1 is 0.929 bits per heavy atom. The van der Waals surface area contributed by atoms with Crippen LogP contribution in [0.2, 0.25) is 0 Å². The van der Waals surface area contributed by atoms with Crippen molar-refractivity contribution in [2.24, 2.45) is 11.3 Å². The highest BCUT2D eigenvalue weighted by atomic mass is 14.3. The molecule has 0 aliphatic rings. The molecule has 1 atom stereocenters. The van der Waals surface area contributed by atoms with Gasteiger partial charge >= 0.3 is 0 Å². The molecule has 0 fully saturated rings. The molecule has 86 valence electrons. The summed E-state index contributed by atoms with van der Waals surface area (Å²) in [7, 11) is 0. The van der Waals surface area contributed by atoms with E-state index in [1.54, 1.807) is 0 Å². The number of rotatable bonds is 8. The van der Waals surface area contributed by atoms with Gasteiger partial charge in [-0.15, -0.1) is 0 Å². The summed E-state index contributed by atoms with van der Waals surface area (Å²) >= 11 is 0. The highest BCUT2D eigenvalue weighted by Crippen LogP contribution is 2.35. The van der Waals surface area contributed by atoms with Crippen LogP contribution in [0, 0.1) is 11.3 Å². The molecule has 14 heavy (non-hydrogen) atoms. The van der Waals surface area contributed by atoms with Crippen LogP contribution in [0.5, 0.6) is 0 Å². The first-order valence-electron chi connectivity index (χ1n) is 6.54. The third kappa shape index (κ3) is 6.45. The fraction of sp³-hybridized carbons (Fsp3) is 1.00. The SMILES string of the molecule is CCCCC(C)(CCC)CCC(C)C. The molecule has 0 N–H and O–H groups in total. The molecule has 0 heterocycles. The van der Waals surface area contributed by atoms with E-state index in [9.17, 15) is 0 Å². The first-order chi connectivity index (χ1) is 6.54. The first kappa shape index (κ1) is 14.0. The van der Waals surface area contributed by atoms with Gasteiger partial charge in [-0.25, -0.2) is 0 Å². The van der Waals surface area contributed by atoms with Crippen molar-refractivity contribution in [3.8, 4) is 0 Å². The monoisotopic (exact) mass is 198 g/mol.